The summed E-state index contributed by atoms with van der Waals surface area (Å²) in [6.45, 7) is 3.30. The van der Waals surface area contributed by atoms with Gasteiger partial charge in [-0.3, -0.25) is 9.78 Å². The zero-order valence-corrected chi connectivity index (χ0v) is 15.4. The van der Waals surface area contributed by atoms with Crippen LogP contribution in [-0.4, -0.2) is 53.4 Å². The maximum atomic E-state index is 12.7. The second-order valence-electron chi connectivity index (χ2n) is 6.89. The van der Waals surface area contributed by atoms with Gasteiger partial charge in [0.05, 0.1) is 23.1 Å². The molecule has 8 heteroatoms. The molecule has 138 valence electrons. The van der Waals surface area contributed by atoms with Gasteiger partial charge in [0.15, 0.2) is 5.82 Å². The number of carbonyl (C=O) groups is 1. The summed E-state index contributed by atoms with van der Waals surface area (Å²) in [6.07, 6.45) is 12.0. The molecular weight excluding hydrogens is 342 g/mol. The van der Waals surface area contributed by atoms with Crippen LogP contribution in [0.2, 0.25) is 0 Å². The molecule has 0 N–H and O–H groups in total. The first-order chi connectivity index (χ1) is 13.1. The van der Waals surface area contributed by atoms with Crippen LogP contribution in [0.15, 0.2) is 37.3 Å². The van der Waals surface area contributed by atoms with E-state index in [9.17, 15) is 4.79 Å². The Morgan fingerprint density at radius 1 is 1.19 bits per heavy atom. The summed E-state index contributed by atoms with van der Waals surface area (Å²) in [6, 6.07) is 0. The average Bonchev–Trinajstić information content (AvgIpc) is 3.31. The van der Waals surface area contributed by atoms with Gasteiger partial charge in [-0.2, -0.15) is 0 Å². The molecule has 1 aliphatic rings. The zero-order valence-electron chi connectivity index (χ0n) is 15.4. The van der Waals surface area contributed by atoms with Crippen LogP contribution in [0, 0.1) is 12.8 Å². The van der Waals surface area contributed by atoms with E-state index in [4.69, 9.17) is 0 Å². The fourth-order valence-electron chi connectivity index (χ4n) is 3.44. The van der Waals surface area contributed by atoms with Gasteiger partial charge in [0.25, 0.3) is 5.91 Å². The lowest BCUT2D eigenvalue weighted by molar-refractivity contribution is 0.0785. The molecule has 3 aromatic heterocycles. The minimum atomic E-state index is 0.00631. The first-order valence-corrected chi connectivity index (χ1v) is 8.96. The normalized spacial score (nSPS) is 16.7. The molecule has 0 saturated carbocycles. The van der Waals surface area contributed by atoms with Crippen molar-refractivity contribution in [3.8, 4) is 11.5 Å². The van der Waals surface area contributed by atoms with Gasteiger partial charge in [-0.25, -0.2) is 19.9 Å². The Kier molecular flexibility index (Phi) is 4.62. The predicted octanol–water partition coefficient (Wildman–Crippen LogP) is 1.68. The highest BCUT2D eigenvalue weighted by molar-refractivity contribution is 5.95. The summed E-state index contributed by atoms with van der Waals surface area (Å²) in [7, 11) is 1.93. The molecule has 1 fully saturated rings. The standard InChI is InChI=1S/C19H21N7O/c1-13-16(9-20-12-24-13)19(27)26-5-3-14(11-26)7-15-8-23-17(10-22-15)18-21-4-6-25(18)2/h4,6,8-10,12,14H,3,5,7,11H2,1-2H3. The molecular formula is C19H21N7O. The van der Waals surface area contributed by atoms with Crippen molar-refractivity contribution in [2.45, 2.75) is 19.8 Å². The van der Waals surface area contributed by atoms with Crippen LogP contribution in [0.5, 0.6) is 0 Å². The lowest BCUT2D eigenvalue weighted by Gasteiger charge is -2.17. The Bertz CT molecular complexity index is 951. The quantitative estimate of drug-likeness (QED) is 0.701. The summed E-state index contributed by atoms with van der Waals surface area (Å²) in [5, 5.41) is 0. The molecule has 0 spiro atoms. The molecule has 1 saturated heterocycles. The SMILES string of the molecule is Cc1ncncc1C(=O)N1CCC(Cc2cnc(-c3nccn3C)cn2)C1. The number of hydrogen-bond donors (Lipinski definition) is 0. The van der Waals surface area contributed by atoms with E-state index in [0.29, 0.717) is 17.2 Å². The highest BCUT2D eigenvalue weighted by Gasteiger charge is 2.28. The summed E-state index contributed by atoms with van der Waals surface area (Å²) >= 11 is 0. The van der Waals surface area contributed by atoms with Gasteiger partial charge in [0.1, 0.15) is 12.0 Å². The van der Waals surface area contributed by atoms with Crippen LogP contribution < -0.4 is 0 Å². The lowest BCUT2D eigenvalue weighted by Crippen LogP contribution is -2.29. The fourth-order valence-corrected chi connectivity index (χ4v) is 3.44. The lowest BCUT2D eigenvalue weighted by atomic mass is 10.0. The molecule has 1 aliphatic heterocycles. The van der Waals surface area contributed by atoms with E-state index in [1.165, 1.54) is 6.33 Å². The van der Waals surface area contributed by atoms with Crippen LogP contribution >= 0.6 is 0 Å². The number of likely N-dealkylation sites (tertiary alicyclic amines) is 1. The number of amides is 1. The van der Waals surface area contributed by atoms with Crippen molar-refractivity contribution >= 4 is 5.91 Å². The minimum absolute atomic E-state index is 0.00631. The third-order valence-corrected chi connectivity index (χ3v) is 4.97. The maximum absolute atomic E-state index is 12.7. The number of hydrogen-bond acceptors (Lipinski definition) is 6. The van der Waals surface area contributed by atoms with E-state index >= 15 is 0 Å². The highest BCUT2D eigenvalue weighted by Crippen LogP contribution is 2.22. The molecule has 1 amide bonds. The smallest absolute Gasteiger partial charge is 0.257 e. The second-order valence-corrected chi connectivity index (χ2v) is 6.89. The monoisotopic (exact) mass is 363 g/mol. The Hall–Kier alpha value is -3.16. The van der Waals surface area contributed by atoms with E-state index in [0.717, 1.165) is 43.1 Å². The third-order valence-electron chi connectivity index (χ3n) is 4.97. The summed E-state index contributed by atoms with van der Waals surface area (Å²) in [5.74, 6) is 1.19. The largest absolute Gasteiger partial charge is 0.338 e. The van der Waals surface area contributed by atoms with E-state index < -0.39 is 0 Å². The molecule has 4 heterocycles. The number of rotatable bonds is 4. The van der Waals surface area contributed by atoms with Gasteiger partial charge in [-0.15, -0.1) is 0 Å². The predicted molar refractivity (Wildman–Crippen MR) is 98.7 cm³/mol. The summed E-state index contributed by atoms with van der Waals surface area (Å²) in [5.41, 5.74) is 2.99. The van der Waals surface area contributed by atoms with Crippen LogP contribution in [0.25, 0.3) is 11.5 Å². The van der Waals surface area contributed by atoms with Crippen LogP contribution in [0.4, 0.5) is 0 Å². The van der Waals surface area contributed by atoms with Gasteiger partial charge in [0.2, 0.25) is 0 Å². The van der Waals surface area contributed by atoms with Crippen LogP contribution in [0.3, 0.4) is 0 Å². The minimum Gasteiger partial charge on any atom is -0.338 e. The van der Waals surface area contributed by atoms with Crippen molar-refractivity contribution in [3.05, 3.63) is 54.3 Å². The zero-order chi connectivity index (χ0) is 18.8. The van der Waals surface area contributed by atoms with Crippen molar-refractivity contribution in [2.75, 3.05) is 13.1 Å². The summed E-state index contributed by atoms with van der Waals surface area (Å²) in [4.78, 5) is 36.0. The highest BCUT2D eigenvalue weighted by atomic mass is 16.2. The molecule has 0 aliphatic carbocycles. The molecule has 0 aromatic carbocycles. The topological polar surface area (TPSA) is 89.7 Å². The van der Waals surface area contributed by atoms with Crippen molar-refractivity contribution in [1.82, 2.24) is 34.4 Å². The molecule has 27 heavy (non-hydrogen) atoms. The van der Waals surface area contributed by atoms with E-state index in [2.05, 4.69) is 24.9 Å². The molecule has 1 unspecified atom stereocenters. The molecule has 8 nitrogen and oxygen atoms in total. The maximum Gasteiger partial charge on any atom is 0.257 e. The first kappa shape index (κ1) is 17.3. The third kappa shape index (κ3) is 3.55. The van der Waals surface area contributed by atoms with Gasteiger partial charge >= 0.3 is 0 Å². The van der Waals surface area contributed by atoms with Crippen LogP contribution in [-0.2, 0) is 13.5 Å². The fraction of sp³-hybridized carbons (Fsp3) is 0.368. The molecule has 3 aromatic rings. The molecule has 1 atom stereocenters. The first-order valence-electron chi connectivity index (χ1n) is 8.96. The van der Waals surface area contributed by atoms with Gasteiger partial charge in [-0.05, 0) is 25.7 Å². The van der Waals surface area contributed by atoms with Crippen molar-refractivity contribution in [2.24, 2.45) is 13.0 Å². The van der Waals surface area contributed by atoms with Crippen molar-refractivity contribution < 1.29 is 4.79 Å². The number of aromatic nitrogens is 6. The average molecular weight is 363 g/mol. The Morgan fingerprint density at radius 2 is 2.07 bits per heavy atom. The molecule has 0 radical (unpaired) electrons. The molecule has 0 bridgehead atoms. The Morgan fingerprint density at radius 3 is 2.78 bits per heavy atom. The number of imidazole rings is 1. The number of aryl methyl sites for hydroxylation is 2. The van der Waals surface area contributed by atoms with E-state index in [1.807, 2.05) is 35.8 Å². The number of carbonyl (C=O) groups excluding carboxylic acids is 1. The number of nitrogens with zero attached hydrogens (tertiary/aromatic N) is 7. The second kappa shape index (κ2) is 7.22. The summed E-state index contributed by atoms with van der Waals surface area (Å²) < 4.78 is 1.92. The van der Waals surface area contributed by atoms with E-state index in [-0.39, 0.29) is 5.91 Å². The molecule has 4 rings (SSSR count). The van der Waals surface area contributed by atoms with Crippen LogP contribution in [0.1, 0.15) is 28.2 Å². The van der Waals surface area contributed by atoms with E-state index in [1.54, 1.807) is 18.6 Å². The Labute approximate surface area is 157 Å². The Balaban J connectivity index is 1.39. The van der Waals surface area contributed by atoms with Crippen molar-refractivity contribution in [1.29, 1.82) is 0 Å². The van der Waals surface area contributed by atoms with Gasteiger partial charge in [-0.1, -0.05) is 0 Å². The van der Waals surface area contributed by atoms with Crippen molar-refractivity contribution in [3.63, 3.8) is 0 Å². The van der Waals surface area contributed by atoms with Gasteiger partial charge in [0, 0.05) is 44.9 Å². The van der Waals surface area contributed by atoms with Gasteiger partial charge < -0.3 is 9.47 Å².